The Morgan fingerprint density at radius 2 is 2.15 bits per heavy atom. The van der Waals surface area contributed by atoms with Gasteiger partial charge >= 0.3 is 0 Å². The first-order valence-corrected chi connectivity index (χ1v) is 4.88. The van der Waals surface area contributed by atoms with E-state index in [4.69, 9.17) is 9.47 Å². The highest BCUT2D eigenvalue weighted by Crippen LogP contribution is 2.13. The van der Waals surface area contributed by atoms with Crippen LogP contribution in [0.1, 0.15) is 27.2 Å². The lowest BCUT2D eigenvalue weighted by molar-refractivity contribution is -0.136. The number of Topliss-reactive ketones (excluding diaryl/α,β-unsaturated/α-hetero) is 1. The van der Waals surface area contributed by atoms with Gasteiger partial charge in [0.2, 0.25) is 0 Å². The maximum atomic E-state index is 11.5. The second-order valence-electron chi connectivity index (χ2n) is 3.82. The van der Waals surface area contributed by atoms with Gasteiger partial charge in [0.25, 0.3) is 0 Å². The molecular formula is C10H18O3. The van der Waals surface area contributed by atoms with Crippen molar-refractivity contribution in [3.05, 3.63) is 0 Å². The summed E-state index contributed by atoms with van der Waals surface area (Å²) in [4.78, 5) is 11.5. The number of ketones is 1. The van der Waals surface area contributed by atoms with E-state index in [2.05, 4.69) is 0 Å². The Morgan fingerprint density at radius 3 is 2.62 bits per heavy atom. The van der Waals surface area contributed by atoms with Crippen molar-refractivity contribution < 1.29 is 14.3 Å². The second kappa shape index (κ2) is 4.72. The summed E-state index contributed by atoms with van der Waals surface area (Å²) in [5, 5.41) is 0. The summed E-state index contributed by atoms with van der Waals surface area (Å²) in [6.07, 6.45) is 0.750. The van der Waals surface area contributed by atoms with Crippen LogP contribution in [-0.2, 0) is 14.3 Å². The minimum absolute atomic E-state index is 0.0531. The van der Waals surface area contributed by atoms with Crippen molar-refractivity contribution >= 4 is 5.78 Å². The zero-order valence-electron chi connectivity index (χ0n) is 8.58. The molecule has 0 aliphatic carbocycles. The van der Waals surface area contributed by atoms with Crippen LogP contribution in [-0.4, -0.2) is 31.2 Å². The van der Waals surface area contributed by atoms with Crippen molar-refractivity contribution in [1.82, 2.24) is 0 Å². The van der Waals surface area contributed by atoms with Crippen LogP contribution >= 0.6 is 0 Å². The van der Waals surface area contributed by atoms with E-state index in [-0.39, 0.29) is 23.9 Å². The highest BCUT2D eigenvalue weighted by atomic mass is 16.6. The van der Waals surface area contributed by atoms with Crippen LogP contribution in [0.15, 0.2) is 0 Å². The Bertz CT molecular complexity index is 171. The van der Waals surface area contributed by atoms with Gasteiger partial charge in [-0.3, -0.25) is 4.79 Å². The first-order chi connectivity index (χ1) is 6.11. The molecule has 2 atom stereocenters. The molecule has 1 fully saturated rings. The summed E-state index contributed by atoms with van der Waals surface area (Å²) < 4.78 is 10.7. The van der Waals surface area contributed by atoms with Crippen molar-refractivity contribution in [1.29, 1.82) is 0 Å². The molecule has 0 aromatic heterocycles. The fraction of sp³-hybridized carbons (Fsp3) is 0.900. The fourth-order valence-electron chi connectivity index (χ4n) is 1.45. The molecule has 0 aromatic carbocycles. The molecule has 0 bridgehead atoms. The Balaban J connectivity index is 2.31. The zero-order chi connectivity index (χ0) is 9.84. The number of carbonyl (C=O) groups excluding carboxylic acids is 1. The molecule has 3 heteroatoms. The molecule has 0 amide bonds. The highest BCUT2D eigenvalue weighted by molar-refractivity contribution is 5.84. The van der Waals surface area contributed by atoms with Gasteiger partial charge in [-0.1, -0.05) is 13.8 Å². The average Bonchev–Trinajstić information content (AvgIpc) is 2.55. The van der Waals surface area contributed by atoms with E-state index in [0.29, 0.717) is 6.61 Å². The van der Waals surface area contributed by atoms with Gasteiger partial charge in [0.15, 0.2) is 5.78 Å². The molecule has 3 nitrogen and oxygen atoms in total. The van der Waals surface area contributed by atoms with Gasteiger partial charge in [0.05, 0.1) is 12.7 Å². The lowest BCUT2D eigenvalue weighted by Crippen LogP contribution is -2.30. The summed E-state index contributed by atoms with van der Waals surface area (Å²) >= 11 is 0. The summed E-state index contributed by atoms with van der Waals surface area (Å²) in [7, 11) is 0. The molecule has 0 spiro atoms. The van der Waals surface area contributed by atoms with Crippen LogP contribution in [0.25, 0.3) is 0 Å². The molecule has 0 aromatic rings. The molecule has 1 aliphatic rings. The van der Waals surface area contributed by atoms with Crippen molar-refractivity contribution in [2.24, 2.45) is 5.92 Å². The lowest BCUT2D eigenvalue weighted by atomic mass is 10.1. The molecule has 13 heavy (non-hydrogen) atoms. The van der Waals surface area contributed by atoms with Crippen LogP contribution in [0.4, 0.5) is 0 Å². The normalized spacial score (nSPS) is 25.1. The lowest BCUT2D eigenvalue weighted by Gasteiger charge is -2.17. The first-order valence-electron chi connectivity index (χ1n) is 4.88. The third-order valence-electron chi connectivity index (χ3n) is 2.25. The number of hydrogen-bond acceptors (Lipinski definition) is 3. The number of hydrogen-bond donors (Lipinski definition) is 0. The van der Waals surface area contributed by atoms with E-state index < -0.39 is 0 Å². The fourth-order valence-corrected chi connectivity index (χ4v) is 1.45. The maximum absolute atomic E-state index is 11.5. The van der Waals surface area contributed by atoms with Crippen LogP contribution in [0.3, 0.4) is 0 Å². The van der Waals surface area contributed by atoms with Gasteiger partial charge in [0.1, 0.15) is 6.10 Å². The summed E-state index contributed by atoms with van der Waals surface area (Å²) in [5.41, 5.74) is 0. The second-order valence-corrected chi connectivity index (χ2v) is 3.82. The standard InChI is InChI=1S/C10H18O3/c1-7(2)10(11)8(3)13-9-4-5-12-6-9/h7-9H,4-6H2,1-3H3. The van der Waals surface area contributed by atoms with Gasteiger partial charge in [-0.15, -0.1) is 0 Å². The number of rotatable bonds is 4. The predicted molar refractivity (Wildman–Crippen MR) is 49.6 cm³/mol. The van der Waals surface area contributed by atoms with Crippen molar-refractivity contribution in [3.63, 3.8) is 0 Å². The van der Waals surface area contributed by atoms with E-state index in [9.17, 15) is 4.79 Å². The van der Waals surface area contributed by atoms with Crippen molar-refractivity contribution in [2.75, 3.05) is 13.2 Å². The summed E-state index contributed by atoms with van der Waals surface area (Å²) in [6, 6.07) is 0. The maximum Gasteiger partial charge on any atom is 0.163 e. The molecule has 1 saturated heterocycles. The zero-order valence-corrected chi connectivity index (χ0v) is 8.58. The number of carbonyl (C=O) groups is 1. The van der Waals surface area contributed by atoms with E-state index in [0.717, 1.165) is 13.0 Å². The third kappa shape index (κ3) is 3.08. The van der Waals surface area contributed by atoms with Gasteiger partial charge in [0, 0.05) is 12.5 Å². The Hall–Kier alpha value is -0.410. The quantitative estimate of drug-likeness (QED) is 0.666. The largest absolute Gasteiger partial charge is 0.379 e. The minimum atomic E-state index is -0.285. The molecule has 0 radical (unpaired) electrons. The Labute approximate surface area is 79.4 Å². The monoisotopic (exact) mass is 186 g/mol. The van der Waals surface area contributed by atoms with Gasteiger partial charge in [-0.25, -0.2) is 0 Å². The molecule has 1 heterocycles. The van der Waals surface area contributed by atoms with Crippen LogP contribution in [0.2, 0.25) is 0 Å². The SMILES string of the molecule is CC(C)C(=O)C(C)OC1CCOC1. The molecule has 0 saturated carbocycles. The molecule has 0 N–H and O–H groups in total. The van der Waals surface area contributed by atoms with Crippen molar-refractivity contribution in [3.8, 4) is 0 Å². The van der Waals surface area contributed by atoms with Gasteiger partial charge < -0.3 is 9.47 Å². The summed E-state index contributed by atoms with van der Waals surface area (Å²) in [5.74, 6) is 0.226. The predicted octanol–water partition coefficient (Wildman–Crippen LogP) is 1.41. The molecular weight excluding hydrogens is 168 g/mol. The molecule has 2 unspecified atom stereocenters. The average molecular weight is 186 g/mol. The van der Waals surface area contributed by atoms with Crippen LogP contribution in [0, 0.1) is 5.92 Å². The van der Waals surface area contributed by atoms with E-state index in [1.165, 1.54) is 0 Å². The van der Waals surface area contributed by atoms with E-state index >= 15 is 0 Å². The van der Waals surface area contributed by atoms with Gasteiger partial charge in [-0.05, 0) is 13.3 Å². The number of ether oxygens (including phenoxy) is 2. The first kappa shape index (κ1) is 10.7. The van der Waals surface area contributed by atoms with Crippen LogP contribution < -0.4 is 0 Å². The third-order valence-corrected chi connectivity index (χ3v) is 2.25. The Morgan fingerprint density at radius 1 is 1.46 bits per heavy atom. The topological polar surface area (TPSA) is 35.5 Å². The highest BCUT2D eigenvalue weighted by Gasteiger charge is 2.23. The van der Waals surface area contributed by atoms with Gasteiger partial charge in [-0.2, -0.15) is 0 Å². The minimum Gasteiger partial charge on any atom is -0.379 e. The van der Waals surface area contributed by atoms with E-state index in [1.807, 2.05) is 20.8 Å². The Kier molecular flexibility index (Phi) is 3.88. The molecule has 76 valence electrons. The van der Waals surface area contributed by atoms with Crippen LogP contribution in [0.5, 0.6) is 0 Å². The smallest absolute Gasteiger partial charge is 0.163 e. The molecule has 1 aliphatic heterocycles. The van der Waals surface area contributed by atoms with E-state index in [1.54, 1.807) is 0 Å². The van der Waals surface area contributed by atoms with Crippen molar-refractivity contribution in [2.45, 2.75) is 39.4 Å². The summed E-state index contributed by atoms with van der Waals surface area (Å²) in [6.45, 7) is 7.00. The molecule has 1 rings (SSSR count).